The van der Waals surface area contributed by atoms with Crippen molar-refractivity contribution in [1.82, 2.24) is 9.97 Å². The van der Waals surface area contributed by atoms with Crippen LogP contribution in [0.4, 0.5) is 0 Å². The second-order valence-corrected chi connectivity index (χ2v) is 7.21. The van der Waals surface area contributed by atoms with Crippen LogP contribution in [0.5, 0.6) is 11.6 Å². The summed E-state index contributed by atoms with van der Waals surface area (Å²) >= 11 is 6.92. The van der Waals surface area contributed by atoms with Crippen LogP contribution in [0.3, 0.4) is 0 Å². The van der Waals surface area contributed by atoms with Crippen molar-refractivity contribution >= 4 is 31.9 Å². The lowest BCUT2D eigenvalue weighted by Gasteiger charge is -2.14. The molecule has 0 saturated carbocycles. The molecule has 21 heavy (non-hydrogen) atoms. The molecule has 5 heteroatoms. The molecule has 0 unspecified atom stereocenters. The fraction of sp³-hybridized carbons (Fsp3) is 0.375. The van der Waals surface area contributed by atoms with Gasteiger partial charge in [0.1, 0.15) is 16.2 Å². The molecule has 0 spiro atoms. The number of nitrogens with zero attached hydrogens (tertiary/aromatic N) is 2. The Labute approximate surface area is 142 Å². The van der Waals surface area contributed by atoms with Gasteiger partial charge in [-0.05, 0) is 45.6 Å². The summed E-state index contributed by atoms with van der Waals surface area (Å²) in [5.41, 5.74) is 1.14. The molecule has 0 fully saturated rings. The van der Waals surface area contributed by atoms with Crippen molar-refractivity contribution in [2.75, 3.05) is 0 Å². The molecule has 2 rings (SSSR count). The maximum absolute atomic E-state index is 6.00. The Morgan fingerprint density at radius 1 is 0.952 bits per heavy atom. The van der Waals surface area contributed by atoms with Crippen LogP contribution in [0, 0.1) is 0 Å². The molecule has 1 heterocycles. The second kappa shape index (κ2) is 6.88. The lowest BCUT2D eigenvalue weighted by molar-refractivity contribution is 0.448. The van der Waals surface area contributed by atoms with Gasteiger partial charge in [0.2, 0.25) is 5.88 Å². The third kappa shape index (κ3) is 4.27. The first-order chi connectivity index (χ1) is 9.86. The molecule has 1 aromatic heterocycles. The van der Waals surface area contributed by atoms with E-state index < -0.39 is 0 Å². The van der Waals surface area contributed by atoms with Crippen LogP contribution in [-0.4, -0.2) is 9.97 Å². The Kier molecular flexibility index (Phi) is 5.38. The van der Waals surface area contributed by atoms with Crippen LogP contribution < -0.4 is 4.74 Å². The Morgan fingerprint density at radius 3 is 2.29 bits per heavy atom. The zero-order chi connectivity index (χ0) is 15.6. The minimum absolute atomic E-state index is 0.249. The van der Waals surface area contributed by atoms with E-state index in [4.69, 9.17) is 4.74 Å². The summed E-state index contributed by atoms with van der Waals surface area (Å²) in [6.07, 6.45) is 0. The zero-order valence-electron chi connectivity index (χ0n) is 12.5. The highest BCUT2D eigenvalue weighted by molar-refractivity contribution is 9.10. The van der Waals surface area contributed by atoms with E-state index in [0.29, 0.717) is 11.8 Å². The summed E-state index contributed by atoms with van der Waals surface area (Å²) in [5.74, 6) is 2.77. The van der Waals surface area contributed by atoms with E-state index in [-0.39, 0.29) is 5.92 Å². The van der Waals surface area contributed by atoms with Crippen molar-refractivity contribution < 1.29 is 4.74 Å². The predicted octanol–water partition coefficient (Wildman–Crippen LogP) is 6.04. The standard InChI is InChI=1S/C16H18Br2N2O/c1-9(2)12-7-11(17)5-6-13(12)21-15-8-14(18)19-16(20-15)10(3)4/h5-10H,1-4H3. The zero-order valence-corrected chi connectivity index (χ0v) is 15.7. The average molecular weight is 414 g/mol. The minimum atomic E-state index is 0.249. The molecule has 0 aliphatic rings. The van der Waals surface area contributed by atoms with Gasteiger partial charge in [-0.25, -0.2) is 4.98 Å². The smallest absolute Gasteiger partial charge is 0.223 e. The Balaban J connectivity index is 2.38. The molecule has 1 aromatic carbocycles. The van der Waals surface area contributed by atoms with Gasteiger partial charge in [-0.1, -0.05) is 43.6 Å². The number of hydrogen-bond donors (Lipinski definition) is 0. The van der Waals surface area contributed by atoms with E-state index in [1.165, 1.54) is 0 Å². The summed E-state index contributed by atoms with van der Waals surface area (Å²) in [7, 11) is 0. The SMILES string of the molecule is CC(C)c1nc(Br)cc(Oc2ccc(Br)cc2C(C)C)n1. The molecule has 2 aromatic rings. The maximum atomic E-state index is 6.00. The first kappa shape index (κ1) is 16.4. The molecule has 0 aliphatic carbocycles. The molecule has 112 valence electrons. The second-order valence-electron chi connectivity index (χ2n) is 5.48. The fourth-order valence-corrected chi connectivity index (χ4v) is 2.66. The van der Waals surface area contributed by atoms with E-state index in [1.54, 1.807) is 6.07 Å². The predicted molar refractivity (Wildman–Crippen MR) is 92.1 cm³/mol. The molecule has 0 atom stereocenters. The van der Waals surface area contributed by atoms with Crippen molar-refractivity contribution in [3.63, 3.8) is 0 Å². The summed E-state index contributed by atoms with van der Waals surface area (Å²) in [6.45, 7) is 8.41. The van der Waals surface area contributed by atoms with Crippen LogP contribution in [0.25, 0.3) is 0 Å². The monoisotopic (exact) mass is 412 g/mol. The third-order valence-electron chi connectivity index (χ3n) is 3.01. The lowest BCUT2D eigenvalue weighted by Crippen LogP contribution is -2.01. The third-order valence-corrected chi connectivity index (χ3v) is 3.91. The Bertz CT molecular complexity index is 642. The van der Waals surface area contributed by atoms with Gasteiger partial charge < -0.3 is 4.74 Å². The molecule has 0 aliphatic heterocycles. The summed E-state index contributed by atoms with van der Waals surface area (Å²) in [4.78, 5) is 8.84. The highest BCUT2D eigenvalue weighted by Crippen LogP contribution is 2.33. The van der Waals surface area contributed by atoms with E-state index in [0.717, 1.165) is 26.2 Å². The maximum Gasteiger partial charge on any atom is 0.223 e. The number of hydrogen-bond acceptors (Lipinski definition) is 3. The highest BCUT2D eigenvalue weighted by atomic mass is 79.9. The molecular weight excluding hydrogens is 396 g/mol. The molecule has 0 radical (unpaired) electrons. The summed E-state index contributed by atoms with van der Waals surface area (Å²) in [5, 5.41) is 0. The van der Waals surface area contributed by atoms with Gasteiger partial charge in [-0.2, -0.15) is 4.98 Å². The van der Waals surface area contributed by atoms with E-state index in [1.807, 2.05) is 12.1 Å². The molecular formula is C16H18Br2N2O. The molecule has 0 bridgehead atoms. The van der Waals surface area contributed by atoms with Gasteiger partial charge in [0.15, 0.2) is 0 Å². The minimum Gasteiger partial charge on any atom is -0.439 e. The van der Waals surface area contributed by atoms with Crippen molar-refractivity contribution in [3.8, 4) is 11.6 Å². The van der Waals surface area contributed by atoms with Crippen molar-refractivity contribution in [3.05, 3.63) is 44.7 Å². The van der Waals surface area contributed by atoms with Crippen LogP contribution in [0.15, 0.2) is 33.3 Å². The average Bonchev–Trinajstić information content (AvgIpc) is 2.40. The quantitative estimate of drug-likeness (QED) is 0.573. The van der Waals surface area contributed by atoms with E-state index in [2.05, 4.69) is 75.6 Å². The van der Waals surface area contributed by atoms with Gasteiger partial charge in [0, 0.05) is 16.5 Å². The molecule has 0 saturated heterocycles. The van der Waals surface area contributed by atoms with Gasteiger partial charge in [-0.3, -0.25) is 0 Å². The lowest BCUT2D eigenvalue weighted by atomic mass is 10.0. The first-order valence-corrected chi connectivity index (χ1v) is 8.47. The number of benzene rings is 1. The van der Waals surface area contributed by atoms with Crippen molar-refractivity contribution in [1.29, 1.82) is 0 Å². The van der Waals surface area contributed by atoms with Gasteiger partial charge in [0.05, 0.1) is 0 Å². The largest absolute Gasteiger partial charge is 0.439 e. The van der Waals surface area contributed by atoms with E-state index >= 15 is 0 Å². The van der Waals surface area contributed by atoms with E-state index in [9.17, 15) is 0 Å². The normalized spacial score (nSPS) is 11.2. The molecule has 0 amide bonds. The Morgan fingerprint density at radius 2 is 1.67 bits per heavy atom. The van der Waals surface area contributed by atoms with Crippen LogP contribution in [0.1, 0.15) is 50.9 Å². The molecule has 3 nitrogen and oxygen atoms in total. The van der Waals surface area contributed by atoms with Gasteiger partial charge in [-0.15, -0.1) is 0 Å². The van der Waals surface area contributed by atoms with Gasteiger partial charge >= 0.3 is 0 Å². The van der Waals surface area contributed by atoms with Crippen LogP contribution in [0.2, 0.25) is 0 Å². The van der Waals surface area contributed by atoms with Crippen LogP contribution in [-0.2, 0) is 0 Å². The Hall–Kier alpha value is -0.940. The number of rotatable bonds is 4. The van der Waals surface area contributed by atoms with Crippen LogP contribution >= 0.6 is 31.9 Å². The highest BCUT2D eigenvalue weighted by Gasteiger charge is 2.12. The summed E-state index contributed by atoms with van der Waals surface area (Å²) < 4.78 is 7.78. The number of ether oxygens (including phenoxy) is 1. The van der Waals surface area contributed by atoms with Crippen molar-refractivity contribution in [2.24, 2.45) is 0 Å². The summed E-state index contributed by atoms with van der Waals surface area (Å²) in [6, 6.07) is 7.81. The first-order valence-electron chi connectivity index (χ1n) is 6.88. The topological polar surface area (TPSA) is 35.0 Å². The number of aromatic nitrogens is 2. The molecule has 0 N–H and O–H groups in total. The number of halogens is 2. The van der Waals surface area contributed by atoms with Gasteiger partial charge in [0.25, 0.3) is 0 Å². The fourth-order valence-electron chi connectivity index (χ4n) is 1.90. The van der Waals surface area contributed by atoms with Crippen molar-refractivity contribution in [2.45, 2.75) is 39.5 Å².